The molecule has 1 aliphatic carbocycles. The van der Waals surface area contributed by atoms with Crippen LogP contribution in [-0.2, 0) is 23.8 Å². The molecule has 0 bridgehead atoms. The third-order valence-corrected chi connectivity index (χ3v) is 2.96. The predicted molar refractivity (Wildman–Crippen MR) is 61.1 cm³/mol. The van der Waals surface area contributed by atoms with Crippen LogP contribution in [0.25, 0.3) is 0 Å². The Balaban J connectivity index is 2.86. The average Bonchev–Trinajstić information content (AvgIpc) is 2.22. The summed E-state index contributed by atoms with van der Waals surface area (Å²) in [7, 11) is -3.79. The van der Waals surface area contributed by atoms with Gasteiger partial charge in [-0.2, -0.15) is 8.42 Å². The van der Waals surface area contributed by atoms with E-state index in [1.807, 2.05) is 0 Å². The molecule has 0 aromatic carbocycles. The van der Waals surface area contributed by atoms with Gasteiger partial charge in [-0.1, -0.05) is 0 Å². The maximum Gasteiger partial charge on any atom is 0.333 e. The molecule has 0 spiro atoms. The van der Waals surface area contributed by atoms with Crippen LogP contribution in [0.15, 0.2) is 11.6 Å². The van der Waals surface area contributed by atoms with E-state index in [-0.39, 0.29) is 18.6 Å². The van der Waals surface area contributed by atoms with Crippen LogP contribution in [-0.4, -0.2) is 55.8 Å². The molecular weight excluding hydrogens is 264 g/mol. The quantitative estimate of drug-likeness (QED) is 0.499. The molecular formula is C10H16O7S. The van der Waals surface area contributed by atoms with E-state index < -0.39 is 34.4 Å². The van der Waals surface area contributed by atoms with E-state index in [0.29, 0.717) is 0 Å². The van der Waals surface area contributed by atoms with Gasteiger partial charge in [0.2, 0.25) is 0 Å². The number of carbonyl (C=O) groups is 1. The summed E-state index contributed by atoms with van der Waals surface area (Å²) in [6, 6.07) is 0. The molecule has 0 aromatic heterocycles. The van der Waals surface area contributed by atoms with Crippen LogP contribution in [0.2, 0.25) is 0 Å². The standard InChI is InChI=1S/C10H16O7S/c1-3-16-10(13)6-4-7(11)9(12)8(5-6)17-18(2,14)15/h4,7-9,11-12H,3,5H2,1-2H3. The minimum Gasteiger partial charge on any atom is -0.463 e. The third-order valence-electron chi connectivity index (χ3n) is 2.36. The summed E-state index contributed by atoms with van der Waals surface area (Å²) in [5, 5.41) is 19.1. The Kier molecular flexibility index (Phi) is 4.85. The molecule has 0 aliphatic heterocycles. The zero-order chi connectivity index (χ0) is 13.9. The van der Waals surface area contributed by atoms with Gasteiger partial charge < -0.3 is 14.9 Å². The van der Waals surface area contributed by atoms with Crippen molar-refractivity contribution in [2.75, 3.05) is 12.9 Å². The van der Waals surface area contributed by atoms with Gasteiger partial charge in [0, 0.05) is 12.0 Å². The summed E-state index contributed by atoms with van der Waals surface area (Å²) >= 11 is 0. The summed E-state index contributed by atoms with van der Waals surface area (Å²) < 4.78 is 31.4. The van der Waals surface area contributed by atoms with Gasteiger partial charge in [-0.15, -0.1) is 0 Å². The molecule has 1 aliphatic rings. The minimum absolute atomic E-state index is 0.0864. The summed E-state index contributed by atoms with van der Waals surface area (Å²) in [6.07, 6.45) is -2.13. The van der Waals surface area contributed by atoms with E-state index in [0.717, 1.165) is 12.3 Å². The number of aliphatic hydroxyl groups excluding tert-OH is 2. The molecule has 104 valence electrons. The van der Waals surface area contributed by atoms with Crippen molar-refractivity contribution in [3.8, 4) is 0 Å². The summed E-state index contributed by atoms with van der Waals surface area (Å²) in [4.78, 5) is 11.5. The molecule has 0 saturated heterocycles. The van der Waals surface area contributed by atoms with Crippen molar-refractivity contribution in [2.24, 2.45) is 0 Å². The summed E-state index contributed by atoms with van der Waals surface area (Å²) in [5.41, 5.74) is 0.0864. The second kappa shape index (κ2) is 5.79. The van der Waals surface area contributed by atoms with Gasteiger partial charge in [0.05, 0.1) is 12.9 Å². The first-order valence-electron chi connectivity index (χ1n) is 5.36. The predicted octanol–water partition coefficient (Wildman–Crippen LogP) is -1.05. The largest absolute Gasteiger partial charge is 0.463 e. The number of rotatable bonds is 4. The highest BCUT2D eigenvalue weighted by atomic mass is 32.2. The molecule has 3 atom stereocenters. The Morgan fingerprint density at radius 2 is 2.11 bits per heavy atom. The minimum atomic E-state index is -3.79. The van der Waals surface area contributed by atoms with Gasteiger partial charge in [0.15, 0.2) is 0 Å². The number of hydrogen-bond donors (Lipinski definition) is 2. The lowest BCUT2D eigenvalue weighted by Crippen LogP contribution is -2.43. The fourth-order valence-electron chi connectivity index (χ4n) is 1.62. The summed E-state index contributed by atoms with van der Waals surface area (Å²) in [5.74, 6) is -0.662. The number of aliphatic hydroxyl groups is 2. The maximum atomic E-state index is 11.5. The van der Waals surface area contributed by atoms with Gasteiger partial charge >= 0.3 is 5.97 Å². The molecule has 0 fully saturated rings. The van der Waals surface area contributed by atoms with Crippen molar-refractivity contribution in [3.63, 3.8) is 0 Å². The zero-order valence-corrected chi connectivity index (χ0v) is 10.9. The normalized spacial score (nSPS) is 28.7. The first-order valence-corrected chi connectivity index (χ1v) is 7.18. The Labute approximate surface area is 105 Å². The molecule has 0 heterocycles. The van der Waals surface area contributed by atoms with E-state index in [1.165, 1.54) is 0 Å². The van der Waals surface area contributed by atoms with Crippen molar-refractivity contribution in [2.45, 2.75) is 31.7 Å². The summed E-state index contributed by atoms with van der Waals surface area (Å²) in [6.45, 7) is 1.78. The van der Waals surface area contributed by atoms with Gasteiger partial charge in [0.25, 0.3) is 10.1 Å². The Hall–Kier alpha value is -0.960. The number of carbonyl (C=O) groups excluding carboxylic acids is 1. The maximum absolute atomic E-state index is 11.5. The Morgan fingerprint density at radius 1 is 1.50 bits per heavy atom. The fraction of sp³-hybridized carbons (Fsp3) is 0.700. The van der Waals surface area contributed by atoms with Crippen molar-refractivity contribution in [3.05, 3.63) is 11.6 Å². The monoisotopic (exact) mass is 280 g/mol. The zero-order valence-electron chi connectivity index (χ0n) is 10.1. The van der Waals surface area contributed by atoms with Gasteiger partial charge in [-0.05, 0) is 13.0 Å². The Morgan fingerprint density at radius 3 is 2.61 bits per heavy atom. The van der Waals surface area contributed by atoms with Crippen LogP contribution in [0.4, 0.5) is 0 Å². The number of ether oxygens (including phenoxy) is 1. The van der Waals surface area contributed by atoms with Crippen molar-refractivity contribution >= 4 is 16.1 Å². The van der Waals surface area contributed by atoms with E-state index in [9.17, 15) is 23.4 Å². The molecule has 7 nitrogen and oxygen atoms in total. The van der Waals surface area contributed by atoms with Crippen molar-refractivity contribution in [1.82, 2.24) is 0 Å². The van der Waals surface area contributed by atoms with Crippen molar-refractivity contribution < 1.29 is 32.3 Å². The average molecular weight is 280 g/mol. The lowest BCUT2D eigenvalue weighted by atomic mass is 9.92. The smallest absolute Gasteiger partial charge is 0.333 e. The Bertz CT molecular complexity index is 439. The highest BCUT2D eigenvalue weighted by Crippen LogP contribution is 2.24. The SMILES string of the molecule is CCOC(=O)C1=CC(O)C(O)C(OS(C)(=O)=O)C1. The highest BCUT2D eigenvalue weighted by Gasteiger charge is 2.36. The third kappa shape index (κ3) is 4.05. The van der Waals surface area contributed by atoms with E-state index in [4.69, 9.17) is 4.74 Å². The van der Waals surface area contributed by atoms with Gasteiger partial charge in [-0.25, -0.2) is 4.79 Å². The van der Waals surface area contributed by atoms with Crippen LogP contribution in [0.5, 0.6) is 0 Å². The lowest BCUT2D eigenvalue weighted by molar-refractivity contribution is -0.139. The molecule has 18 heavy (non-hydrogen) atoms. The molecule has 3 unspecified atom stereocenters. The van der Waals surface area contributed by atoms with Crippen molar-refractivity contribution in [1.29, 1.82) is 0 Å². The van der Waals surface area contributed by atoms with Gasteiger partial charge in [0.1, 0.15) is 18.3 Å². The van der Waals surface area contributed by atoms with Crippen LogP contribution in [0, 0.1) is 0 Å². The number of hydrogen-bond acceptors (Lipinski definition) is 7. The molecule has 0 amide bonds. The van der Waals surface area contributed by atoms with E-state index in [2.05, 4.69) is 4.18 Å². The molecule has 0 aromatic rings. The molecule has 8 heteroatoms. The van der Waals surface area contributed by atoms with Crippen LogP contribution in [0.3, 0.4) is 0 Å². The number of esters is 1. The first-order chi connectivity index (χ1) is 8.24. The fourth-order valence-corrected chi connectivity index (χ4v) is 2.25. The topological polar surface area (TPSA) is 110 Å². The molecule has 1 rings (SSSR count). The second-order valence-corrected chi connectivity index (χ2v) is 5.54. The lowest BCUT2D eigenvalue weighted by Gasteiger charge is -2.29. The highest BCUT2D eigenvalue weighted by molar-refractivity contribution is 7.86. The molecule has 0 saturated carbocycles. The van der Waals surface area contributed by atoms with E-state index >= 15 is 0 Å². The van der Waals surface area contributed by atoms with Crippen LogP contribution in [0.1, 0.15) is 13.3 Å². The van der Waals surface area contributed by atoms with Gasteiger partial charge in [-0.3, -0.25) is 4.18 Å². The molecule has 0 radical (unpaired) electrons. The van der Waals surface area contributed by atoms with Crippen LogP contribution < -0.4 is 0 Å². The van der Waals surface area contributed by atoms with Crippen LogP contribution >= 0.6 is 0 Å². The second-order valence-electron chi connectivity index (χ2n) is 3.94. The van der Waals surface area contributed by atoms with E-state index in [1.54, 1.807) is 6.92 Å². The molecule has 2 N–H and O–H groups in total. The first kappa shape index (κ1) is 15.1.